The van der Waals surface area contributed by atoms with E-state index in [-0.39, 0.29) is 12.3 Å². The summed E-state index contributed by atoms with van der Waals surface area (Å²) in [5.41, 5.74) is 14.7. The van der Waals surface area contributed by atoms with Crippen LogP contribution in [0.3, 0.4) is 0 Å². The number of para-hydroxylation sites is 4. The quantitative estimate of drug-likeness (QED) is 0.0598. The molecule has 8 nitrogen and oxygen atoms in total. The minimum absolute atomic E-state index is 0.00273. The van der Waals surface area contributed by atoms with Crippen molar-refractivity contribution in [2.45, 2.75) is 83.5 Å². The summed E-state index contributed by atoms with van der Waals surface area (Å²) in [6, 6.07) is 109. The molecule has 1 aliphatic rings. The summed E-state index contributed by atoms with van der Waals surface area (Å²) >= 11 is 0. The van der Waals surface area contributed by atoms with Crippen molar-refractivity contribution in [1.82, 2.24) is 0 Å². The molecule has 13 aromatic rings. The highest BCUT2D eigenvalue weighted by Gasteiger charge is 2.39. The Labute approximate surface area is 625 Å². The van der Waals surface area contributed by atoms with Crippen LogP contribution in [0.2, 0.25) is 0 Å². The van der Waals surface area contributed by atoms with E-state index in [0.29, 0.717) is 34.5 Å². The summed E-state index contributed by atoms with van der Waals surface area (Å²) in [4.78, 5) is 13.8. The minimum atomic E-state index is -2.42. The number of rotatable bonds is 24. The molecule has 13 aromatic carbocycles. The number of benzene rings is 13. The second-order valence-electron chi connectivity index (χ2n) is 28.8. The van der Waals surface area contributed by atoms with Gasteiger partial charge in [-0.25, -0.2) is 0 Å². The van der Waals surface area contributed by atoms with Crippen LogP contribution in [0.1, 0.15) is 95.0 Å². The van der Waals surface area contributed by atoms with Crippen LogP contribution < -0.4 is 27.1 Å². The van der Waals surface area contributed by atoms with Gasteiger partial charge < -0.3 is 32.2 Å². The third kappa shape index (κ3) is 16.1. The first-order valence-corrected chi connectivity index (χ1v) is 38.2. The first-order valence-electron chi connectivity index (χ1n) is 36.0. The number of carboxylic acid groups (broad SMARTS) is 1. The summed E-state index contributed by atoms with van der Waals surface area (Å²) in [5, 5.41) is 11.3. The van der Waals surface area contributed by atoms with Gasteiger partial charge in [0.1, 0.15) is 34.5 Å². The molecule has 0 spiro atoms. The van der Waals surface area contributed by atoms with Crippen LogP contribution in [-0.2, 0) is 21.0 Å². The molecule has 1 aliphatic carbocycles. The first-order chi connectivity index (χ1) is 51.5. The molecule has 14 rings (SSSR count). The molecule has 0 radical (unpaired) electrons. The molecular weight excluding hydrogens is 1340 g/mol. The van der Waals surface area contributed by atoms with Gasteiger partial charge in [-0.15, -0.1) is 0 Å². The Balaban J connectivity index is 0.902. The van der Waals surface area contributed by atoms with Crippen molar-refractivity contribution in [3.8, 4) is 112 Å². The zero-order valence-corrected chi connectivity index (χ0v) is 62.4. The van der Waals surface area contributed by atoms with E-state index in [4.69, 9.17) is 27.1 Å². The highest BCUT2D eigenvalue weighted by molar-refractivity contribution is 7.43. The topological polar surface area (TPSA) is 92.7 Å². The Morgan fingerprint density at radius 1 is 0.340 bits per heavy atom. The van der Waals surface area contributed by atoms with Crippen molar-refractivity contribution in [1.29, 1.82) is 0 Å². The van der Waals surface area contributed by atoms with Gasteiger partial charge in [0, 0.05) is 67.0 Å². The maximum atomic E-state index is 13.8. The van der Waals surface area contributed by atoms with Gasteiger partial charge in [-0.3, -0.25) is 4.79 Å². The van der Waals surface area contributed by atoms with Crippen molar-refractivity contribution in [2.75, 3.05) is 0 Å². The molecule has 106 heavy (non-hydrogen) atoms. The number of allylic oxidation sites excluding steroid dienone is 4. The Morgan fingerprint density at radius 2 is 0.623 bits per heavy atom. The maximum Gasteiger partial charge on any atom is 0.530 e. The number of carbonyl (C=O) groups is 1. The van der Waals surface area contributed by atoms with Crippen LogP contribution in [0, 0.1) is 0 Å². The van der Waals surface area contributed by atoms with Crippen LogP contribution in [0.15, 0.2) is 346 Å². The van der Waals surface area contributed by atoms with Gasteiger partial charge in [0.15, 0.2) is 0 Å². The zero-order chi connectivity index (χ0) is 73.2. The number of hydrogen-bond donors (Lipinski definition) is 1. The minimum Gasteiger partial charge on any atom is -0.481 e. The second kappa shape index (κ2) is 31.8. The van der Waals surface area contributed by atoms with Gasteiger partial charge in [0.2, 0.25) is 0 Å². The standard InChI is InChI=1S/C96H84O8P2/c1-94(2,3)85-64-75(60-62-87(85)99-105(101-90-77(67-36-16-8-17-37-67)52-32-53-78(90)68-38-18-9-19-39-68)102-91-79(69-40-20-10-21-41-69)54-33-55-80(91)70-42-22-11-23-43-70)96(7,66-89(97)98)76-61-63-88(86(65-76)95(4,5)6)100-106(103-92-81(71-44-24-12-25-45-71)56-34-57-82(92)72-46-26-13-27-47-72)104-93-83(73-48-28-14-29-49-73)58-35-59-84(93)74-50-30-15-31-51-74/h8-50,52-65,74H,51,66H2,1-7H3,(H,97,98). The van der Waals surface area contributed by atoms with Crippen molar-refractivity contribution >= 4 is 23.2 Å². The summed E-state index contributed by atoms with van der Waals surface area (Å²) in [6.45, 7) is 14.9. The summed E-state index contributed by atoms with van der Waals surface area (Å²) in [6.07, 6.45) is 9.12. The summed E-state index contributed by atoms with van der Waals surface area (Å²) in [5.74, 6) is 2.51. The Bertz CT molecular complexity index is 4950. The van der Waals surface area contributed by atoms with Crippen LogP contribution in [0.4, 0.5) is 0 Å². The zero-order valence-electron chi connectivity index (χ0n) is 60.6. The molecule has 0 fully saturated rings. The normalized spacial score (nSPS) is 13.6. The second-order valence-corrected chi connectivity index (χ2v) is 30.8. The number of hydrogen-bond acceptors (Lipinski definition) is 7. The third-order valence-electron chi connectivity index (χ3n) is 19.4. The fraction of sp³-hybridized carbons (Fsp3) is 0.135. The molecule has 0 aromatic heterocycles. The average Bonchev–Trinajstić information content (AvgIpc) is 0.749. The molecule has 3 atom stereocenters. The lowest BCUT2D eigenvalue weighted by molar-refractivity contribution is -0.138. The predicted molar refractivity (Wildman–Crippen MR) is 436 cm³/mol. The molecule has 0 saturated carbocycles. The van der Waals surface area contributed by atoms with E-state index < -0.39 is 39.4 Å². The lowest BCUT2D eigenvalue weighted by atomic mass is 9.70. The lowest BCUT2D eigenvalue weighted by Crippen LogP contribution is -2.29. The van der Waals surface area contributed by atoms with Gasteiger partial charge in [-0.05, 0) is 79.5 Å². The predicted octanol–water partition coefficient (Wildman–Crippen LogP) is 26.9. The average molecular weight is 1430 g/mol. The molecule has 0 saturated heterocycles. The Hall–Kier alpha value is -11.5. The van der Waals surface area contributed by atoms with Gasteiger partial charge in [-0.2, -0.15) is 0 Å². The van der Waals surface area contributed by atoms with E-state index in [9.17, 15) is 9.90 Å². The van der Waals surface area contributed by atoms with E-state index in [1.54, 1.807) is 0 Å². The Morgan fingerprint density at radius 3 is 0.896 bits per heavy atom. The molecule has 0 aliphatic heterocycles. The SMILES string of the molecule is CC(C)(C)c1cc(C(C)(CC(=O)O)c2ccc(OP(Oc3c(-c4ccccc4)cccc3-c3ccccc3)Oc3c(-c4ccccc4)cccc3C3C=CC=CC3)c(C(C)(C)C)c2)ccc1OP(Oc1c(-c2ccccc2)cccc1-c1ccccc1)Oc1c(-c2ccccc2)cccc1-c1ccccc1. The van der Waals surface area contributed by atoms with E-state index in [1.807, 2.05) is 159 Å². The molecule has 0 amide bonds. The van der Waals surface area contributed by atoms with Gasteiger partial charge in [0.05, 0.1) is 6.42 Å². The van der Waals surface area contributed by atoms with E-state index >= 15 is 0 Å². The lowest BCUT2D eigenvalue weighted by Gasteiger charge is -2.34. The molecule has 0 heterocycles. The highest BCUT2D eigenvalue weighted by atomic mass is 31.2. The fourth-order valence-corrected chi connectivity index (χ4v) is 16.2. The number of aliphatic carboxylic acids is 1. The third-order valence-corrected chi connectivity index (χ3v) is 21.4. The fourth-order valence-electron chi connectivity index (χ4n) is 13.9. The van der Waals surface area contributed by atoms with E-state index in [2.05, 4.69) is 236 Å². The summed E-state index contributed by atoms with van der Waals surface area (Å²) < 4.78 is 45.2. The van der Waals surface area contributed by atoms with Crippen molar-refractivity contribution in [3.05, 3.63) is 374 Å². The molecule has 10 heteroatoms. The van der Waals surface area contributed by atoms with Crippen LogP contribution in [0.5, 0.6) is 34.5 Å². The molecule has 526 valence electrons. The largest absolute Gasteiger partial charge is 0.530 e. The summed E-state index contributed by atoms with van der Waals surface area (Å²) in [7, 11) is -4.81. The Kier molecular flexibility index (Phi) is 21.5. The monoisotopic (exact) mass is 1430 g/mol. The van der Waals surface area contributed by atoms with E-state index in [1.165, 1.54) is 0 Å². The molecular formula is C96H84O8P2. The van der Waals surface area contributed by atoms with E-state index in [0.717, 1.165) is 112 Å². The molecule has 1 N–H and O–H groups in total. The van der Waals surface area contributed by atoms with Gasteiger partial charge in [-0.1, -0.05) is 382 Å². The number of carboxylic acids is 1. The molecule has 0 bridgehead atoms. The molecule has 3 unspecified atom stereocenters. The highest BCUT2D eigenvalue weighted by Crippen LogP contribution is 2.57. The first kappa shape index (κ1) is 71.5. The van der Waals surface area contributed by atoms with Crippen molar-refractivity contribution in [2.24, 2.45) is 0 Å². The van der Waals surface area contributed by atoms with Crippen molar-refractivity contribution in [3.63, 3.8) is 0 Å². The van der Waals surface area contributed by atoms with Gasteiger partial charge in [0.25, 0.3) is 0 Å². The smallest absolute Gasteiger partial charge is 0.481 e. The maximum absolute atomic E-state index is 13.8. The van der Waals surface area contributed by atoms with Gasteiger partial charge >= 0.3 is 23.2 Å². The van der Waals surface area contributed by atoms with Crippen LogP contribution in [0.25, 0.3) is 77.9 Å². The van der Waals surface area contributed by atoms with Crippen molar-refractivity contribution < 1.29 is 37.0 Å². The van der Waals surface area contributed by atoms with Crippen LogP contribution in [-0.4, -0.2) is 11.1 Å². The van der Waals surface area contributed by atoms with Crippen LogP contribution >= 0.6 is 17.2 Å².